The largest absolute Gasteiger partial charge is 0.339 e. The number of hydrogen-bond acceptors (Lipinski definition) is 4. The van der Waals surface area contributed by atoms with Crippen LogP contribution in [0.1, 0.15) is 0 Å². The highest BCUT2D eigenvalue weighted by molar-refractivity contribution is 5.92. The van der Waals surface area contributed by atoms with Gasteiger partial charge in [0.15, 0.2) is 0 Å². The number of carbonyl (C=O) groups excluding carboxylic acids is 2. The lowest BCUT2D eigenvalue weighted by atomic mass is 10.3. The zero-order valence-corrected chi connectivity index (χ0v) is 14.2. The molecular weight excluding hydrogens is 346 g/mol. The van der Waals surface area contributed by atoms with Crippen LogP contribution in [-0.4, -0.2) is 60.9 Å². The van der Waals surface area contributed by atoms with Crippen molar-refractivity contribution in [1.29, 1.82) is 0 Å². The van der Waals surface area contributed by atoms with Crippen molar-refractivity contribution in [3.05, 3.63) is 30.1 Å². The van der Waals surface area contributed by atoms with Crippen LogP contribution in [0.3, 0.4) is 0 Å². The summed E-state index contributed by atoms with van der Waals surface area (Å²) in [5.41, 5.74) is 5.89. The van der Waals surface area contributed by atoms with Gasteiger partial charge in [0.1, 0.15) is 5.82 Å². The fourth-order valence-electron chi connectivity index (χ4n) is 2.22. The van der Waals surface area contributed by atoms with Crippen LogP contribution in [0.2, 0.25) is 0 Å². The van der Waals surface area contributed by atoms with E-state index in [-0.39, 0.29) is 55.5 Å². The molecule has 0 aliphatic carbocycles. The first-order valence-electron chi connectivity index (χ1n) is 6.84. The monoisotopic (exact) mass is 366 g/mol. The number of nitrogens with two attached hydrogens (primary N) is 1. The molecular formula is C14H21Cl2FN4O2. The van der Waals surface area contributed by atoms with Crippen LogP contribution in [0.4, 0.5) is 10.1 Å². The topological polar surface area (TPSA) is 78.7 Å². The van der Waals surface area contributed by atoms with Crippen LogP contribution in [0, 0.1) is 5.82 Å². The number of rotatable bonds is 4. The van der Waals surface area contributed by atoms with E-state index in [0.717, 1.165) is 0 Å². The van der Waals surface area contributed by atoms with Crippen molar-refractivity contribution in [3.8, 4) is 0 Å². The molecule has 3 N–H and O–H groups in total. The van der Waals surface area contributed by atoms with E-state index >= 15 is 0 Å². The molecule has 23 heavy (non-hydrogen) atoms. The van der Waals surface area contributed by atoms with Crippen molar-refractivity contribution in [2.24, 2.45) is 5.73 Å². The highest BCUT2D eigenvalue weighted by Gasteiger charge is 2.21. The predicted molar refractivity (Wildman–Crippen MR) is 91.6 cm³/mol. The molecule has 1 aliphatic heterocycles. The molecule has 2 amide bonds. The first kappa shape index (κ1) is 21.6. The number of hydrogen-bond donors (Lipinski definition) is 2. The van der Waals surface area contributed by atoms with Gasteiger partial charge in [0.2, 0.25) is 11.8 Å². The Labute approximate surface area is 147 Å². The molecule has 0 radical (unpaired) electrons. The third-order valence-electron chi connectivity index (χ3n) is 3.39. The summed E-state index contributed by atoms with van der Waals surface area (Å²) in [6.45, 7) is 2.72. The van der Waals surface area contributed by atoms with Crippen molar-refractivity contribution in [3.63, 3.8) is 0 Å². The van der Waals surface area contributed by atoms with Crippen LogP contribution >= 0.6 is 24.8 Å². The van der Waals surface area contributed by atoms with Crippen LogP contribution in [0.5, 0.6) is 0 Å². The quantitative estimate of drug-likeness (QED) is 0.822. The lowest BCUT2D eigenvalue weighted by Gasteiger charge is -2.34. The second-order valence-electron chi connectivity index (χ2n) is 4.92. The third kappa shape index (κ3) is 6.70. The van der Waals surface area contributed by atoms with E-state index < -0.39 is 0 Å². The number of piperazine rings is 1. The van der Waals surface area contributed by atoms with Crippen molar-refractivity contribution < 1.29 is 14.0 Å². The summed E-state index contributed by atoms with van der Waals surface area (Å²) in [6, 6.07) is 5.63. The maximum Gasteiger partial charge on any atom is 0.238 e. The average molecular weight is 367 g/mol. The zero-order valence-electron chi connectivity index (χ0n) is 12.5. The van der Waals surface area contributed by atoms with E-state index in [2.05, 4.69) is 5.32 Å². The van der Waals surface area contributed by atoms with Crippen molar-refractivity contribution >= 4 is 42.3 Å². The summed E-state index contributed by atoms with van der Waals surface area (Å²) >= 11 is 0. The Morgan fingerprint density at radius 3 is 2.17 bits per heavy atom. The summed E-state index contributed by atoms with van der Waals surface area (Å²) in [6.07, 6.45) is 0. The Balaban J connectivity index is 0.00000242. The Hall–Kier alpha value is -1.41. The first-order chi connectivity index (χ1) is 10.1. The SMILES string of the molecule is Cl.Cl.NCC(=O)N1CCN(CC(=O)Nc2ccc(F)cc2)CC1. The van der Waals surface area contributed by atoms with E-state index in [9.17, 15) is 14.0 Å². The molecule has 1 aromatic carbocycles. The number of nitrogens with zero attached hydrogens (tertiary/aromatic N) is 2. The first-order valence-corrected chi connectivity index (χ1v) is 6.84. The van der Waals surface area contributed by atoms with Gasteiger partial charge in [0.05, 0.1) is 13.1 Å². The highest BCUT2D eigenvalue weighted by Crippen LogP contribution is 2.08. The summed E-state index contributed by atoms with van der Waals surface area (Å²) in [5.74, 6) is -0.556. The molecule has 130 valence electrons. The molecule has 1 fully saturated rings. The normalized spacial score (nSPS) is 14.4. The lowest BCUT2D eigenvalue weighted by Crippen LogP contribution is -2.51. The Kier molecular flexibility index (Phi) is 9.74. The molecule has 2 rings (SSSR count). The zero-order chi connectivity index (χ0) is 15.2. The summed E-state index contributed by atoms with van der Waals surface area (Å²) in [5, 5.41) is 2.71. The summed E-state index contributed by atoms with van der Waals surface area (Å²) in [7, 11) is 0. The van der Waals surface area contributed by atoms with Gasteiger partial charge in [-0.05, 0) is 24.3 Å². The highest BCUT2D eigenvalue weighted by atomic mass is 35.5. The number of benzene rings is 1. The van der Waals surface area contributed by atoms with Crippen molar-refractivity contribution in [2.75, 3.05) is 44.6 Å². The van der Waals surface area contributed by atoms with Gasteiger partial charge in [-0.15, -0.1) is 24.8 Å². The van der Waals surface area contributed by atoms with Crippen molar-refractivity contribution in [2.45, 2.75) is 0 Å². The van der Waals surface area contributed by atoms with E-state index in [1.807, 2.05) is 4.90 Å². The maximum atomic E-state index is 12.8. The van der Waals surface area contributed by atoms with Crippen LogP contribution in [-0.2, 0) is 9.59 Å². The fraction of sp³-hybridized carbons (Fsp3) is 0.429. The van der Waals surface area contributed by atoms with Crippen molar-refractivity contribution in [1.82, 2.24) is 9.80 Å². The minimum Gasteiger partial charge on any atom is -0.339 e. The number of amides is 2. The molecule has 0 bridgehead atoms. The van der Waals surface area contributed by atoms with Gasteiger partial charge >= 0.3 is 0 Å². The molecule has 1 aliphatic rings. The molecule has 0 aromatic heterocycles. The minimum absolute atomic E-state index is 0. The number of halogens is 3. The second kappa shape index (κ2) is 10.4. The van der Waals surface area contributed by atoms with E-state index in [4.69, 9.17) is 5.73 Å². The molecule has 1 aromatic rings. The molecule has 1 saturated heterocycles. The summed E-state index contributed by atoms with van der Waals surface area (Å²) < 4.78 is 12.8. The maximum absolute atomic E-state index is 12.8. The van der Waals surface area contributed by atoms with Gasteiger partial charge in [-0.2, -0.15) is 0 Å². The fourth-order valence-corrected chi connectivity index (χ4v) is 2.22. The number of nitrogens with one attached hydrogen (secondary N) is 1. The Morgan fingerprint density at radius 2 is 1.65 bits per heavy atom. The van der Waals surface area contributed by atoms with Crippen LogP contribution < -0.4 is 11.1 Å². The van der Waals surface area contributed by atoms with Gasteiger partial charge in [-0.1, -0.05) is 0 Å². The predicted octanol–water partition coefficient (Wildman–Crippen LogP) is 0.711. The molecule has 0 atom stereocenters. The Bertz CT molecular complexity index is 508. The van der Waals surface area contributed by atoms with Gasteiger partial charge in [-0.3, -0.25) is 14.5 Å². The van der Waals surface area contributed by atoms with Crippen LogP contribution in [0.25, 0.3) is 0 Å². The minimum atomic E-state index is -0.339. The van der Waals surface area contributed by atoms with Gasteiger partial charge < -0.3 is 16.0 Å². The molecule has 0 saturated carbocycles. The number of anilines is 1. The molecule has 0 unspecified atom stereocenters. The molecule has 6 nitrogen and oxygen atoms in total. The smallest absolute Gasteiger partial charge is 0.238 e. The average Bonchev–Trinajstić information content (AvgIpc) is 2.49. The van der Waals surface area contributed by atoms with Gasteiger partial charge in [0, 0.05) is 31.9 Å². The third-order valence-corrected chi connectivity index (χ3v) is 3.39. The Morgan fingerprint density at radius 1 is 1.09 bits per heavy atom. The van der Waals surface area contributed by atoms with E-state index in [1.54, 1.807) is 4.90 Å². The van der Waals surface area contributed by atoms with Gasteiger partial charge in [-0.25, -0.2) is 4.39 Å². The molecule has 1 heterocycles. The van der Waals surface area contributed by atoms with Gasteiger partial charge in [0.25, 0.3) is 0 Å². The van der Waals surface area contributed by atoms with E-state index in [0.29, 0.717) is 31.9 Å². The number of carbonyl (C=O) groups is 2. The van der Waals surface area contributed by atoms with Crippen LogP contribution in [0.15, 0.2) is 24.3 Å². The summed E-state index contributed by atoms with van der Waals surface area (Å²) in [4.78, 5) is 27.0. The second-order valence-corrected chi connectivity index (χ2v) is 4.92. The standard InChI is InChI=1S/C14H19FN4O2.2ClH/c15-11-1-3-12(4-2-11)17-13(20)10-18-5-7-19(8-6-18)14(21)9-16;;/h1-4H,5-10,16H2,(H,17,20);2*1H. The molecule has 0 spiro atoms. The molecule has 9 heteroatoms. The lowest BCUT2D eigenvalue weighted by molar-refractivity contribution is -0.131. The van der Waals surface area contributed by atoms with E-state index in [1.165, 1.54) is 24.3 Å².